The van der Waals surface area contributed by atoms with Gasteiger partial charge in [0.15, 0.2) is 5.78 Å². The number of hydrogen-bond donors (Lipinski definition) is 0. The summed E-state index contributed by atoms with van der Waals surface area (Å²) in [6.07, 6.45) is 1.81. The summed E-state index contributed by atoms with van der Waals surface area (Å²) in [6.45, 7) is 3.77. The molecular formula is C16H16FNO2. The van der Waals surface area contributed by atoms with E-state index in [2.05, 4.69) is 4.98 Å². The molecule has 4 heteroatoms. The van der Waals surface area contributed by atoms with E-state index in [1.165, 1.54) is 18.2 Å². The second-order valence-corrected chi connectivity index (χ2v) is 4.66. The number of aryl methyl sites for hydroxylation is 1. The number of halogens is 1. The molecule has 0 saturated heterocycles. The van der Waals surface area contributed by atoms with Crippen LogP contribution in [0.5, 0.6) is 5.75 Å². The Morgan fingerprint density at radius 3 is 2.75 bits per heavy atom. The van der Waals surface area contributed by atoms with Gasteiger partial charge in [0.25, 0.3) is 0 Å². The minimum atomic E-state index is -0.415. The van der Waals surface area contributed by atoms with Crippen LogP contribution in [0.3, 0.4) is 0 Å². The molecule has 0 unspecified atom stereocenters. The van der Waals surface area contributed by atoms with Gasteiger partial charge in [0, 0.05) is 22.9 Å². The Bertz CT molecular complexity index is 653. The molecule has 3 nitrogen and oxygen atoms in total. The van der Waals surface area contributed by atoms with Gasteiger partial charge in [-0.15, -0.1) is 0 Å². The molecule has 0 aliphatic rings. The third kappa shape index (κ3) is 2.85. The average Bonchev–Trinajstić information content (AvgIpc) is 2.42. The summed E-state index contributed by atoms with van der Waals surface area (Å²) in [5.41, 5.74) is 2.77. The molecule has 0 N–H and O–H groups in total. The van der Waals surface area contributed by atoms with E-state index in [1.54, 1.807) is 19.4 Å². The maximum Gasteiger partial charge on any atom is 0.168 e. The summed E-state index contributed by atoms with van der Waals surface area (Å²) >= 11 is 0. The third-order valence-electron chi connectivity index (χ3n) is 3.22. The highest BCUT2D eigenvalue weighted by Gasteiger charge is 2.14. The van der Waals surface area contributed by atoms with Crippen molar-refractivity contribution in [2.45, 2.75) is 20.3 Å². The Morgan fingerprint density at radius 1 is 1.35 bits per heavy atom. The molecule has 0 saturated carbocycles. The van der Waals surface area contributed by atoms with Gasteiger partial charge >= 0.3 is 0 Å². The van der Waals surface area contributed by atoms with Crippen molar-refractivity contribution < 1.29 is 13.9 Å². The fourth-order valence-electron chi connectivity index (χ4n) is 2.17. The maximum atomic E-state index is 13.1. The fourth-order valence-corrected chi connectivity index (χ4v) is 2.17. The van der Waals surface area contributed by atoms with Crippen LogP contribution in [0.25, 0.3) is 0 Å². The van der Waals surface area contributed by atoms with E-state index in [0.29, 0.717) is 11.3 Å². The van der Waals surface area contributed by atoms with Gasteiger partial charge in [-0.05, 0) is 26.0 Å². The Balaban J connectivity index is 2.29. The highest BCUT2D eigenvalue weighted by atomic mass is 19.1. The molecule has 1 aromatic heterocycles. The van der Waals surface area contributed by atoms with Gasteiger partial charge in [-0.3, -0.25) is 9.78 Å². The molecule has 2 aromatic rings. The molecule has 2 rings (SSSR count). The number of hydrogen-bond acceptors (Lipinski definition) is 3. The number of carbonyl (C=O) groups excluding carboxylic acids is 1. The number of aromatic nitrogens is 1. The molecular weight excluding hydrogens is 257 g/mol. The van der Waals surface area contributed by atoms with Crippen molar-refractivity contribution in [1.82, 2.24) is 4.98 Å². The SMILES string of the molecule is COc1c(C)cnc(CC(=O)c2cccc(F)c2)c1C. The van der Waals surface area contributed by atoms with Crippen LogP contribution in [0.4, 0.5) is 4.39 Å². The molecule has 0 amide bonds. The summed E-state index contributed by atoms with van der Waals surface area (Å²) in [4.78, 5) is 16.4. The standard InChI is InChI=1S/C16H16FNO2/c1-10-9-18-14(11(2)16(10)20-3)8-15(19)12-5-4-6-13(17)7-12/h4-7,9H,8H2,1-3H3. The molecule has 1 heterocycles. The van der Waals surface area contributed by atoms with E-state index < -0.39 is 5.82 Å². The van der Waals surface area contributed by atoms with Crippen LogP contribution in [0.1, 0.15) is 27.2 Å². The van der Waals surface area contributed by atoms with Gasteiger partial charge in [0.05, 0.1) is 19.2 Å². The molecule has 0 bridgehead atoms. The van der Waals surface area contributed by atoms with Gasteiger partial charge in [0.1, 0.15) is 11.6 Å². The van der Waals surface area contributed by atoms with Crippen LogP contribution >= 0.6 is 0 Å². The van der Waals surface area contributed by atoms with E-state index in [4.69, 9.17) is 4.74 Å². The van der Waals surface area contributed by atoms with E-state index in [9.17, 15) is 9.18 Å². The second kappa shape index (κ2) is 5.82. The molecule has 1 aromatic carbocycles. The van der Waals surface area contributed by atoms with Crippen molar-refractivity contribution in [3.05, 3.63) is 58.7 Å². The normalized spacial score (nSPS) is 10.4. The molecule has 104 valence electrons. The number of ether oxygens (including phenoxy) is 1. The van der Waals surface area contributed by atoms with Crippen molar-refractivity contribution in [3.8, 4) is 5.75 Å². The minimum absolute atomic E-state index is 0.131. The van der Waals surface area contributed by atoms with Gasteiger partial charge in [-0.25, -0.2) is 4.39 Å². The van der Waals surface area contributed by atoms with Crippen LogP contribution in [-0.4, -0.2) is 17.9 Å². The summed E-state index contributed by atoms with van der Waals surface area (Å²) in [5, 5.41) is 0. The molecule has 0 aliphatic heterocycles. The summed E-state index contributed by atoms with van der Waals surface area (Å²) in [5.74, 6) is 0.162. The van der Waals surface area contributed by atoms with Gasteiger partial charge < -0.3 is 4.74 Å². The van der Waals surface area contributed by atoms with Crippen LogP contribution < -0.4 is 4.74 Å². The largest absolute Gasteiger partial charge is 0.496 e. The zero-order chi connectivity index (χ0) is 14.7. The minimum Gasteiger partial charge on any atom is -0.496 e. The number of ketones is 1. The molecule has 0 aliphatic carbocycles. The lowest BCUT2D eigenvalue weighted by Crippen LogP contribution is -2.08. The van der Waals surface area contributed by atoms with Gasteiger partial charge in [-0.1, -0.05) is 12.1 Å². The number of nitrogens with zero attached hydrogens (tertiary/aromatic N) is 1. The van der Waals surface area contributed by atoms with Crippen LogP contribution in [0.2, 0.25) is 0 Å². The lowest BCUT2D eigenvalue weighted by molar-refractivity contribution is 0.0991. The van der Waals surface area contributed by atoms with Crippen molar-refractivity contribution in [3.63, 3.8) is 0 Å². The van der Waals surface area contributed by atoms with E-state index in [-0.39, 0.29) is 12.2 Å². The predicted octanol–water partition coefficient (Wildman–Crippen LogP) is 3.27. The number of Topliss-reactive ketones (excluding diaryl/α,β-unsaturated/α-hetero) is 1. The Labute approximate surface area is 117 Å². The molecule has 20 heavy (non-hydrogen) atoms. The second-order valence-electron chi connectivity index (χ2n) is 4.66. The lowest BCUT2D eigenvalue weighted by Gasteiger charge is -2.11. The van der Waals surface area contributed by atoms with Crippen molar-refractivity contribution in [2.24, 2.45) is 0 Å². The number of benzene rings is 1. The van der Waals surface area contributed by atoms with Gasteiger partial charge in [-0.2, -0.15) is 0 Å². The first-order valence-electron chi connectivity index (χ1n) is 6.30. The quantitative estimate of drug-likeness (QED) is 0.802. The first kappa shape index (κ1) is 14.2. The van der Waals surface area contributed by atoms with Crippen molar-refractivity contribution in [1.29, 1.82) is 0 Å². The van der Waals surface area contributed by atoms with Crippen LogP contribution in [-0.2, 0) is 6.42 Å². The summed E-state index contributed by atoms with van der Waals surface area (Å²) < 4.78 is 18.4. The molecule has 0 atom stereocenters. The number of carbonyl (C=O) groups is 1. The molecule has 0 spiro atoms. The van der Waals surface area contributed by atoms with Gasteiger partial charge in [0.2, 0.25) is 0 Å². The highest BCUT2D eigenvalue weighted by Crippen LogP contribution is 2.24. The highest BCUT2D eigenvalue weighted by molar-refractivity contribution is 5.97. The molecule has 0 fully saturated rings. The van der Waals surface area contributed by atoms with E-state index in [1.807, 2.05) is 13.8 Å². The smallest absolute Gasteiger partial charge is 0.168 e. The average molecular weight is 273 g/mol. The zero-order valence-corrected chi connectivity index (χ0v) is 11.7. The lowest BCUT2D eigenvalue weighted by atomic mass is 10.0. The Kier molecular flexibility index (Phi) is 4.13. The summed E-state index contributed by atoms with van der Waals surface area (Å²) in [6, 6.07) is 5.68. The van der Waals surface area contributed by atoms with Crippen molar-refractivity contribution in [2.75, 3.05) is 7.11 Å². The Morgan fingerprint density at radius 2 is 2.10 bits per heavy atom. The zero-order valence-electron chi connectivity index (χ0n) is 11.7. The van der Waals surface area contributed by atoms with E-state index >= 15 is 0 Å². The number of methoxy groups -OCH3 is 1. The monoisotopic (exact) mass is 273 g/mol. The first-order valence-corrected chi connectivity index (χ1v) is 6.30. The predicted molar refractivity (Wildman–Crippen MR) is 74.7 cm³/mol. The van der Waals surface area contributed by atoms with E-state index in [0.717, 1.165) is 16.9 Å². The molecule has 0 radical (unpaired) electrons. The fraction of sp³-hybridized carbons (Fsp3) is 0.250. The number of rotatable bonds is 4. The van der Waals surface area contributed by atoms with Crippen LogP contribution in [0, 0.1) is 19.7 Å². The number of pyridine rings is 1. The Hall–Kier alpha value is -2.23. The van der Waals surface area contributed by atoms with Crippen molar-refractivity contribution >= 4 is 5.78 Å². The maximum absolute atomic E-state index is 13.1. The first-order chi connectivity index (χ1) is 9.52. The topological polar surface area (TPSA) is 39.2 Å². The summed E-state index contributed by atoms with van der Waals surface area (Å²) in [7, 11) is 1.59. The third-order valence-corrected chi connectivity index (χ3v) is 3.22. The van der Waals surface area contributed by atoms with Crippen LogP contribution in [0.15, 0.2) is 30.5 Å².